The Hall–Kier alpha value is -0.910. The van der Waals surface area contributed by atoms with Gasteiger partial charge in [0.1, 0.15) is 5.75 Å². The maximum absolute atomic E-state index is 11.1. The van der Waals surface area contributed by atoms with E-state index >= 15 is 0 Å². The number of primary amides is 1. The molecule has 1 aromatic carbocycles. The molecular weight excluding hydrogens is 296 g/mol. The third-order valence-corrected chi connectivity index (χ3v) is 4.53. The second-order valence-corrected chi connectivity index (χ2v) is 6.36. The van der Waals surface area contributed by atoms with Crippen LogP contribution >= 0.6 is 23.5 Å². The van der Waals surface area contributed by atoms with Crippen LogP contribution in [0.2, 0.25) is 5.02 Å². The van der Waals surface area contributed by atoms with Crippen LogP contribution in [-0.4, -0.2) is 29.9 Å². The molecule has 1 saturated heterocycles. The number of hydrogen-bond donors (Lipinski definition) is 1. The van der Waals surface area contributed by atoms with E-state index in [9.17, 15) is 4.79 Å². The van der Waals surface area contributed by atoms with Crippen LogP contribution < -0.4 is 10.5 Å². The van der Waals surface area contributed by atoms with E-state index in [1.54, 1.807) is 11.9 Å². The minimum Gasteiger partial charge on any atom is -0.494 e. The largest absolute Gasteiger partial charge is 0.494 e. The number of carbonyl (C=O) groups is 1. The van der Waals surface area contributed by atoms with Crippen LogP contribution in [0.25, 0.3) is 0 Å². The molecule has 0 aromatic heterocycles. The van der Waals surface area contributed by atoms with E-state index in [0.29, 0.717) is 11.6 Å². The van der Waals surface area contributed by atoms with Gasteiger partial charge in [-0.15, -0.1) is 0 Å². The van der Waals surface area contributed by atoms with E-state index in [2.05, 4.69) is 4.31 Å². The maximum Gasteiger partial charge on any atom is 0.220 e. The molecule has 1 amide bonds. The summed E-state index contributed by atoms with van der Waals surface area (Å²) in [6.07, 6.45) is 1.64. The second kappa shape index (κ2) is 7.20. The number of hydrogen-bond acceptors (Lipinski definition) is 4. The Morgan fingerprint density at radius 2 is 2.15 bits per heavy atom. The van der Waals surface area contributed by atoms with Gasteiger partial charge in [-0.1, -0.05) is 11.6 Å². The topological polar surface area (TPSA) is 55.6 Å². The van der Waals surface area contributed by atoms with Crippen LogP contribution in [0.5, 0.6) is 5.75 Å². The molecule has 110 valence electrons. The van der Waals surface area contributed by atoms with Crippen molar-refractivity contribution in [3.63, 3.8) is 0 Å². The summed E-state index contributed by atoms with van der Waals surface area (Å²) >= 11 is 7.74. The third-order valence-electron chi connectivity index (χ3n) is 3.25. The predicted molar refractivity (Wildman–Crippen MR) is 82.0 cm³/mol. The Kier molecular flexibility index (Phi) is 5.57. The normalized spacial score (nSPS) is 17.1. The summed E-state index contributed by atoms with van der Waals surface area (Å²) in [7, 11) is 0. The van der Waals surface area contributed by atoms with Gasteiger partial charge in [-0.05, 0) is 49.9 Å². The van der Waals surface area contributed by atoms with Crippen LogP contribution in [0.1, 0.15) is 19.8 Å². The SMILES string of the molecule is CCOc1cc(Cl)cc(SN2CCC(C(N)=O)CC2)c1. The van der Waals surface area contributed by atoms with Gasteiger partial charge in [-0.3, -0.25) is 4.79 Å². The van der Waals surface area contributed by atoms with Crippen molar-refractivity contribution in [2.24, 2.45) is 11.7 Å². The van der Waals surface area contributed by atoms with Gasteiger partial charge in [0.05, 0.1) is 6.61 Å². The highest BCUT2D eigenvalue weighted by molar-refractivity contribution is 7.97. The van der Waals surface area contributed by atoms with Crippen molar-refractivity contribution in [3.8, 4) is 5.75 Å². The van der Waals surface area contributed by atoms with E-state index in [4.69, 9.17) is 22.1 Å². The van der Waals surface area contributed by atoms with Crippen molar-refractivity contribution >= 4 is 29.5 Å². The molecule has 1 aromatic rings. The molecule has 2 N–H and O–H groups in total. The van der Waals surface area contributed by atoms with E-state index in [1.807, 2.05) is 25.1 Å². The summed E-state index contributed by atoms with van der Waals surface area (Å²) in [6.45, 7) is 4.28. The fourth-order valence-electron chi connectivity index (χ4n) is 2.22. The first-order valence-corrected chi connectivity index (χ1v) is 7.89. The molecule has 20 heavy (non-hydrogen) atoms. The molecule has 0 radical (unpaired) electrons. The molecule has 1 aliphatic rings. The Balaban J connectivity index is 1.95. The second-order valence-electron chi connectivity index (χ2n) is 4.75. The number of piperidine rings is 1. The Labute approximate surface area is 128 Å². The number of halogens is 1. The van der Waals surface area contributed by atoms with Crippen LogP contribution in [0.15, 0.2) is 23.1 Å². The fraction of sp³-hybridized carbons (Fsp3) is 0.500. The van der Waals surface area contributed by atoms with Crippen molar-refractivity contribution in [2.45, 2.75) is 24.7 Å². The van der Waals surface area contributed by atoms with E-state index in [0.717, 1.165) is 36.6 Å². The summed E-state index contributed by atoms with van der Waals surface area (Å²) in [5.41, 5.74) is 5.34. The zero-order valence-corrected chi connectivity index (χ0v) is 13.0. The van der Waals surface area contributed by atoms with Gasteiger partial charge < -0.3 is 10.5 Å². The van der Waals surface area contributed by atoms with Crippen molar-refractivity contribution in [3.05, 3.63) is 23.2 Å². The summed E-state index contributed by atoms with van der Waals surface area (Å²) in [4.78, 5) is 12.2. The molecule has 1 fully saturated rings. The zero-order valence-electron chi connectivity index (χ0n) is 11.5. The molecule has 1 heterocycles. The highest BCUT2D eigenvalue weighted by Gasteiger charge is 2.23. The van der Waals surface area contributed by atoms with Crippen molar-refractivity contribution in [1.82, 2.24) is 4.31 Å². The average molecular weight is 315 g/mol. The van der Waals surface area contributed by atoms with Crippen molar-refractivity contribution < 1.29 is 9.53 Å². The first kappa shape index (κ1) is 15.5. The Morgan fingerprint density at radius 1 is 1.45 bits per heavy atom. The molecule has 0 bridgehead atoms. The third kappa shape index (κ3) is 4.30. The van der Waals surface area contributed by atoms with E-state index in [1.165, 1.54) is 0 Å². The lowest BCUT2D eigenvalue weighted by molar-refractivity contribution is -0.122. The molecule has 1 aliphatic heterocycles. The van der Waals surface area contributed by atoms with Crippen LogP contribution in [0.3, 0.4) is 0 Å². The highest BCUT2D eigenvalue weighted by Crippen LogP contribution is 2.32. The zero-order chi connectivity index (χ0) is 14.5. The summed E-state index contributed by atoms with van der Waals surface area (Å²) < 4.78 is 7.72. The Morgan fingerprint density at radius 3 is 2.75 bits per heavy atom. The number of ether oxygens (including phenoxy) is 1. The van der Waals surface area contributed by atoms with Gasteiger partial charge in [0.2, 0.25) is 5.91 Å². The van der Waals surface area contributed by atoms with Gasteiger partial charge >= 0.3 is 0 Å². The lowest BCUT2D eigenvalue weighted by atomic mass is 9.98. The number of carbonyl (C=O) groups excluding carboxylic acids is 1. The molecule has 0 aliphatic carbocycles. The monoisotopic (exact) mass is 314 g/mol. The first-order valence-electron chi connectivity index (χ1n) is 6.74. The minimum atomic E-state index is -0.184. The van der Waals surface area contributed by atoms with E-state index in [-0.39, 0.29) is 11.8 Å². The molecule has 2 rings (SSSR count). The molecule has 0 spiro atoms. The lowest BCUT2D eigenvalue weighted by Gasteiger charge is -2.29. The lowest BCUT2D eigenvalue weighted by Crippen LogP contribution is -2.35. The minimum absolute atomic E-state index is 0.0187. The maximum atomic E-state index is 11.1. The fourth-order valence-corrected chi connectivity index (χ4v) is 3.55. The molecular formula is C14H19ClN2O2S. The van der Waals surface area contributed by atoms with Gasteiger partial charge in [-0.2, -0.15) is 0 Å². The molecule has 0 atom stereocenters. The molecule has 4 nitrogen and oxygen atoms in total. The number of amides is 1. The number of benzene rings is 1. The van der Waals surface area contributed by atoms with Gasteiger partial charge in [-0.25, -0.2) is 4.31 Å². The smallest absolute Gasteiger partial charge is 0.220 e. The highest BCUT2D eigenvalue weighted by atomic mass is 35.5. The van der Waals surface area contributed by atoms with Crippen LogP contribution in [-0.2, 0) is 4.79 Å². The number of nitrogens with two attached hydrogens (primary N) is 1. The average Bonchev–Trinajstić information content (AvgIpc) is 2.39. The molecule has 0 saturated carbocycles. The Bertz CT molecular complexity index is 476. The van der Waals surface area contributed by atoms with E-state index < -0.39 is 0 Å². The first-order chi connectivity index (χ1) is 9.58. The van der Waals surface area contributed by atoms with Gasteiger partial charge in [0.15, 0.2) is 0 Å². The summed E-state index contributed by atoms with van der Waals surface area (Å²) in [5, 5.41) is 0.672. The quantitative estimate of drug-likeness (QED) is 0.849. The standard InChI is InChI=1S/C14H19ClN2O2S/c1-2-19-12-7-11(15)8-13(9-12)20-17-5-3-10(4-6-17)14(16)18/h7-10H,2-6H2,1H3,(H2,16,18). The van der Waals surface area contributed by atoms with Gasteiger partial charge in [0.25, 0.3) is 0 Å². The summed E-state index contributed by atoms with van der Waals surface area (Å²) in [6, 6.07) is 5.73. The van der Waals surface area contributed by atoms with Crippen molar-refractivity contribution in [1.29, 1.82) is 0 Å². The van der Waals surface area contributed by atoms with Crippen molar-refractivity contribution in [2.75, 3.05) is 19.7 Å². The van der Waals surface area contributed by atoms with Crippen LogP contribution in [0, 0.1) is 5.92 Å². The van der Waals surface area contributed by atoms with Gasteiger partial charge in [0, 0.05) is 28.9 Å². The molecule has 6 heteroatoms. The molecule has 0 unspecified atom stereocenters. The number of rotatable bonds is 5. The predicted octanol–water partition coefficient (Wildman–Crippen LogP) is 2.94. The van der Waals surface area contributed by atoms with Crippen LogP contribution in [0.4, 0.5) is 0 Å². The summed E-state index contributed by atoms with van der Waals surface area (Å²) in [5.74, 6) is 0.621. The number of nitrogens with zero attached hydrogens (tertiary/aromatic N) is 1.